The van der Waals surface area contributed by atoms with Gasteiger partial charge in [0.15, 0.2) is 0 Å². The minimum Gasteiger partial charge on any atom is -0.418 e. The van der Waals surface area contributed by atoms with Crippen LogP contribution in [0, 0.1) is 0 Å². The lowest BCUT2D eigenvalue weighted by Gasteiger charge is -1.94. The molecule has 0 spiro atoms. The van der Waals surface area contributed by atoms with Crippen molar-refractivity contribution in [2.24, 2.45) is 0 Å². The molecule has 5 nitrogen and oxygen atoms in total. The van der Waals surface area contributed by atoms with Crippen LogP contribution in [-0.4, -0.2) is 19.9 Å². The van der Waals surface area contributed by atoms with Crippen LogP contribution >= 0.6 is 0 Å². The lowest BCUT2D eigenvalue weighted by molar-refractivity contribution is 0.641. The van der Waals surface area contributed by atoms with Gasteiger partial charge in [0.1, 0.15) is 5.52 Å². The van der Waals surface area contributed by atoms with Crippen molar-refractivity contribution in [2.75, 3.05) is 0 Å². The minimum atomic E-state index is 0.505. The smallest absolute Gasteiger partial charge is 0.248 e. The molecule has 0 aromatic carbocycles. The third-order valence-electron chi connectivity index (χ3n) is 2.66. The summed E-state index contributed by atoms with van der Waals surface area (Å²) in [4.78, 5) is 17.0. The quantitative estimate of drug-likeness (QED) is 0.456. The Morgan fingerprint density at radius 3 is 2.82 bits per heavy atom. The zero-order chi connectivity index (χ0) is 11.2. The van der Waals surface area contributed by atoms with Gasteiger partial charge in [0.25, 0.3) is 0 Å². The van der Waals surface area contributed by atoms with Gasteiger partial charge in [-0.1, -0.05) is 0 Å². The summed E-state index contributed by atoms with van der Waals surface area (Å²) in [7, 11) is 0. The lowest BCUT2D eigenvalue weighted by Crippen LogP contribution is -1.82. The maximum absolute atomic E-state index is 5.55. The van der Waals surface area contributed by atoms with Crippen molar-refractivity contribution in [1.29, 1.82) is 0 Å². The van der Waals surface area contributed by atoms with Gasteiger partial charge in [-0.05, 0) is 18.2 Å². The molecule has 4 aromatic heterocycles. The zero-order valence-corrected chi connectivity index (χ0v) is 8.66. The molecule has 17 heavy (non-hydrogen) atoms. The van der Waals surface area contributed by atoms with Gasteiger partial charge >= 0.3 is 0 Å². The van der Waals surface area contributed by atoms with Crippen LogP contribution in [0.4, 0.5) is 0 Å². The second kappa shape index (κ2) is 2.98. The van der Waals surface area contributed by atoms with Crippen molar-refractivity contribution in [2.45, 2.75) is 0 Å². The van der Waals surface area contributed by atoms with Crippen molar-refractivity contribution >= 4 is 33.4 Å². The van der Waals surface area contributed by atoms with E-state index in [1.165, 1.54) is 0 Å². The Morgan fingerprint density at radius 2 is 1.82 bits per heavy atom. The van der Waals surface area contributed by atoms with E-state index in [9.17, 15) is 0 Å². The first kappa shape index (κ1) is 8.58. The lowest BCUT2D eigenvalue weighted by atomic mass is 10.2. The summed E-state index contributed by atoms with van der Waals surface area (Å²) in [6.45, 7) is 0. The summed E-state index contributed by atoms with van der Waals surface area (Å²) in [5.41, 5.74) is 3.41. The fourth-order valence-electron chi connectivity index (χ4n) is 1.91. The molecular formula is C12H6N4O. The van der Waals surface area contributed by atoms with Gasteiger partial charge in [-0.3, -0.25) is 4.98 Å². The van der Waals surface area contributed by atoms with Gasteiger partial charge in [-0.15, -0.1) is 0 Å². The van der Waals surface area contributed by atoms with Crippen molar-refractivity contribution in [3.63, 3.8) is 0 Å². The number of furan rings is 1. The highest BCUT2D eigenvalue weighted by atomic mass is 16.3. The summed E-state index contributed by atoms with van der Waals surface area (Å²) in [6.07, 6.45) is 4.98. The Labute approximate surface area is 95.1 Å². The molecule has 0 aliphatic rings. The molecule has 0 bridgehead atoms. The van der Waals surface area contributed by atoms with E-state index in [0.29, 0.717) is 11.4 Å². The van der Waals surface area contributed by atoms with E-state index in [2.05, 4.69) is 19.9 Å². The second-order valence-corrected chi connectivity index (χ2v) is 3.69. The number of nitrogens with zero attached hydrogens (tertiary/aromatic N) is 4. The van der Waals surface area contributed by atoms with E-state index in [4.69, 9.17) is 4.42 Å². The number of rotatable bonds is 0. The number of hydrogen-bond donors (Lipinski definition) is 0. The fraction of sp³-hybridized carbons (Fsp3) is 0. The van der Waals surface area contributed by atoms with Crippen LogP contribution in [0.3, 0.4) is 0 Å². The zero-order valence-electron chi connectivity index (χ0n) is 8.66. The summed E-state index contributed by atoms with van der Waals surface area (Å²) < 4.78 is 5.55. The summed E-state index contributed by atoms with van der Waals surface area (Å²) in [5.74, 6) is 0. The highest BCUT2D eigenvalue weighted by Crippen LogP contribution is 2.26. The van der Waals surface area contributed by atoms with Crippen LogP contribution in [-0.2, 0) is 0 Å². The van der Waals surface area contributed by atoms with Gasteiger partial charge in [0.05, 0.1) is 16.4 Å². The Bertz CT molecular complexity index is 847. The van der Waals surface area contributed by atoms with Gasteiger partial charge in [0, 0.05) is 18.6 Å². The molecule has 5 heteroatoms. The number of aromatic nitrogens is 4. The third kappa shape index (κ3) is 1.13. The monoisotopic (exact) mass is 222 g/mol. The molecule has 0 aliphatic carbocycles. The maximum Gasteiger partial charge on any atom is 0.248 e. The molecule has 0 saturated heterocycles. The Morgan fingerprint density at radius 1 is 0.882 bits per heavy atom. The number of fused-ring (bicyclic) bond motifs is 4. The standard InChI is InChI=1S/C12H6N4O/c1-2-8-9(13-3-1)6-7-10-12(15-5-4-14-10)17-11(7)16-8/h1-6H. The van der Waals surface area contributed by atoms with E-state index < -0.39 is 0 Å². The Balaban J connectivity index is 2.28. The van der Waals surface area contributed by atoms with Crippen molar-refractivity contribution < 1.29 is 4.42 Å². The molecule has 4 aromatic rings. The molecule has 4 rings (SSSR count). The predicted octanol–water partition coefficient (Wildman–Crippen LogP) is 2.32. The average Bonchev–Trinajstić information content (AvgIpc) is 2.73. The highest BCUT2D eigenvalue weighted by Gasteiger charge is 2.11. The van der Waals surface area contributed by atoms with Crippen LogP contribution in [0.5, 0.6) is 0 Å². The van der Waals surface area contributed by atoms with Gasteiger partial charge in [0.2, 0.25) is 11.4 Å². The number of hydrogen-bond acceptors (Lipinski definition) is 5. The minimum absolute atomic E-state index is 0.505. The average molecular weight is 222 g/mol. The van der Waals surface area contributed by atoms with Crippen LogP contribution < -0.4 is 0 Å². The largest absolute Gasteiger partial charge is 0.418 e. The molecule has 0 amide bonds. The first-order valence-corrected chi connectivity index (χ1v) is 5.17. The Kier molecular flexibility index (Phi) is 1.50. The third-order valence-corrected chi connectivity index (χ3v) is 2.66. The van der Waals surface area contributed by atoms with Crippen LogP contribution in [0.15, 0.2) is 41.2 Å². The van der Waals surface area contributed by atoms with Gasteiger partial charge in [-0.25, -0.2) is 15.0 Å². The Hall–Kier alpha value is -2.56. The van der Waals surface area contributed by atoms with E-state index in [0.717, 1.165) is 21.9 Å². The van der Waals surface area contributed by atoms with Gasteiger partial charge in [-0.2, -0.15) is 0 Å². The molecular weight excluding hydrogens is 216 g/mol. The maximum atomic E-state index is 5.55. The summed E-state index contributed by atoms with van der Waals surface area (Å²) >= 11 is 0. The first-order valence-electron chi connectivity index (χ1n) is 5.17. The van der Waals surface area contributed by atoms with Crippen LogP contribution in [0.2, 0.25) is 0 Å². The van der Waals surface area contributed by atoms with Crippen molar-refractivity contribution in [1.82, 2.24) is 19.9 Å². The highest BCUT2D eigenvalue weighted by molar-refractivity contribution is 6.03. The first-order chi connectivity index (χ1) is 8.42. The fourth-order valence-corrected chi connectivity index (χ4v) is 1.91. The molecule has 0 fully saturated rings. The normalized spacial score (nSPS) is 11.5. The molecule has 0 N–H and O–H groups in total. The molecule has 0 aliphatic heterocycles. The van der Waals surface area contributed by atoms with Crippen LogP contribution in [0.1, 0.15) is 0 Å². The van der Waals surface area contributed by atoms with Crippen molar-refractivity contribution in [3.05, 3.63) is 36.8 Å². The van der Waals surface area contributed by atoms with Crippen LogP contribution in [0.25, 0.3) is 33.4 Å². The van der Waals surface area contributed by atoms with E-state index in [-0.39, 0.29) is 0 Å². The topological polar surface area (TPSA) is 64.7 Å². The van der Waals surface area contributed by atoms with E-state index >= 15 is 0 Å². The summed E-state index contributed by atoms with van der Waals surface area (Å²) in [6, 6.07) is 5.67. The SMILES string of the molecule is c1cnc2cc3c(nc2c1)oc1nccnc13. The van der Waals surface area contributed by atoms with Crippen molar-refractivity contribution in [3.8, 4) is 0 Å². The molecule has 80 valence electrons. The van der Waals surface area contributed by atoms with E-state index in [1.807, 2.05) is 18.2 Å². The predicted molar refractivity (Wildman–Crippen MR) is 62.4 cm³/mol. The molecule has 0 radical (unpaired) electrons. The second-order valence-electron chi connectivity index (χ2n) is 3.69. The van der Waals surface area contributed by atoms with E-state index in [1.54, 1.807) is 18.6 Å². The molecule has 0 atom stereocenters. The molecule has 0 saturated carbocycles. The molecule has 0 unspecified atom stereocenters. The number of pyridine rings is 2. The molecule has 4 heterocycles. The summed E-state index contributed by atoms with van der Waals surface area (Å²) in [5, 5.41) is 0.847. The van der Waals surface area contributed by atoms with Gasteiger partial charge < -0.3 is 4.42 Å².